The zero-order chi connectivity index (χ0) is 45.4. The first kappa shape index (κ1) is 39.5. The Bertz CT molecular complexity index is 4220. The summed E-state index contributed by atoms with van der Waals surface area (Å²) in [7, 11) is 0. The molecule has 69 heavy (non-hydrogen) atoms. The standard InChI is InChI=1S/C63H41N5S/c1-5-20-40(21-6-1)61-64-62(41-22-7-2-8-23-41)66-63(65-61)44-37-42(47-31-19-34-55-57(47)49-29-13-16-32-53(49)67(55)45-24-9-3-10-25-45)36-43(38-44)51-39-52-48-28-15-18-35-56(48)69-60(52)59-58(51)50-30-14-17-33-54(50)68(59)46-26-11-4-12-27-46/h1-22,24-39,41H,23H2. The van der Waals surface area contributed by atoms with Crippen LogP contribution in [-0.2, 0) is 0 Å². The number of rotatable bonds is 7. The predicted molar refractivity (Wildman–Crippen MR) is 289 cm³/mol. The van der Waals surface area contributed by atoms with Gasteiger partial charge in [-0.25, -0.2) is 15.0 Å². The minimum atomic E-state index is 0.0257. The molecular weight excluding hydrogens is 859 g/mol. The number of fused-ring (bicyclic) bond motifs is 10. The molecule has 4 aromatic heterocycles. The topological polar surface area (TPSA) is 48.5 Å². The molecule has 0 radical (unpaired) electrons. The summed E-state index contributed by atoms with van der Waals surface area (Å²) in [6, 6.07) is 74.6. The number of hydrogen-bond acceptors (Lipinski definition) is 4. The minimum Gasteiger partial charge on any atom is -0.309 e. The highest BCUT2D eigenvalue weighted by Crippen LogP contribution is 2.49. The molecule has 0 saturated heterocycles. The summed E-state index contributed by atoms with van der Waals surface area (Å²) in [6.45, 7) is 0. The van der Waals surface area contributed by atoms with Crippen LogP contribution in [0.25, 0.3) is 120 Å². The lowest BCUT2D eigenvalue weighted by atomic mass is 9.91. The molecule has 0 amide bonds. The van der Waals surface area contributed by atoms with E-state index in [1.165, 1.54) is 52.8 Å². The van der Waals surface area contributed by atoms with Crippen LogP contribution in [0.15, 0.2) is 231 Å². The van der Waals surface area contributed by atoms with E-state index in [4.69, 9.17) is 15.0 Å². The van der Waals surface area contributed by atoms with E-state index in [0.29, 0.717) is 11.6 Å². The molecule has 9 aromatic carbocycles. The van der Waals surface area contributed by atoms with Gasteiger partial charge in [0, 0.05) is 65.4 Å². The highest BCUT2D eigenvalue weighted by molar-refractivity contribution is 7.26. The van der Waals surface area contributed by atoms with Gasteiger partial charge in [0.15, 0.2) is 11.6 Å². The smallest absolute Gasteiger partial charge is 0.163 e. The molecule has 1 atom stereocenters. The molecular formula is C63H41N5S. The van der Waals surface area contributed by atoms with Gasteiger partial charge >= 0.3 is 0 Å². The molecule has 0 bridgehead atoms. The molecule has 0 spiro atoms. The van der Waals surface area contributed by atoms with Crippen LogP contribution in [0.1, 0.15) is 18.2 Å². The van der Waals surface area contributed by atoms with Crippen LogP contribution < -0.4 is 0 Å². The summed E-state index contributed by atoms with van der Waals surface area (Å²) < 4.78 is 7.41. The molecule has 14 rings (SSSR count). The van der Waals surface area contributed by atoms with Crippen molar-refractivity contribution in [2.75, 3.05) is 0 Å². The molecule has 0 fully saturated rings. The van der Waals surface area contributed by atoms with Gasteiger partial charge in [-0.1, -0.05) is 158 Å². The molecule has 4 heterocycles. The van der Waals surface area contributed by atoms with Crippen molar-refractivity contribution in [3.05, 3.63) is 236 Å². The lowest BCUT2D eigenvalue weighted by Crippen LogP contribution is -2.08. The van der Waals surface area contributed by atoms with Crippen molar-refractivity contribution in [2.24, 2.45) is 0 Å². The monoisotopic (exact) mass is 899 g/mol. The molecule has 0 N–H and O–H groups in total. The van der Waals surface area contributed by atoms with E-state index in [2.05, 4.69) is 234 Å². The van der Waals surface area contributed by atoms with E-state index in [1.54, 1.807) is 0 Å². The van der Waals surface area contributed by atoms with E-state index in [-0.39, 0.29) is 5.92 Å². The highest BCUT2D eigenvalue weighted by Gasteiger charge is 2.25. The fraction of sp³-hybridized carbons (Fsp3) is 0.0317. The van der Waals surface area contributed by atoms with Gasteiger partial charge in [-0.2, -0.15) is 0 Å². The molecule has 1 aliphatic rings. The zero-order valence-corrected chi connectivity index (χ0v) is 38.2. The molecule has 6 heteroatoms. The first-order chi connectivity index (χ1) is 34.2. The molecule has 0 aliphatic heterocycles. The van der Waals surface area contributed by atoms with E-state index in [1.807, 2.05) is 17.4 Å². The zero-order valence-electron chi connectivity index (χ0n) is 37.4. The van der Waals surface area contributed by atoms with Crippen molar-refractivity contribution < 1.29 is 0 Å². The maximum Gasteiger partial charge on any atom is 0.163 e. The van der Waals surface area contributed by atoms with E-state index >= 15 is 0 Å². The normalized spacial score (nSPS) is 13.8. The quantitative estimate of drug-likeness (QED) is 0.160. The van der Waals surface area contributed by atoms with Gasteiger partial charge in [-0.3, -0.25) is 0 Å². The van der Waals surface area contributed by atoms with Crippen LogP contribution in [0, 0.1) is 0 Å². The fourth-order valence-electron chi connectivity index (χ4n) is 10.8. The largest absolute Gasteiger partial charge is 0.309 e. The Hall–Kier alpha value is -8.71. The summed E-state index contributed by atoms with van der Waals surface area (Å²) in [5.41, 5.74) is 13.3. The highest BCUT2D eigenvalue weighted by atomic mass is 32.1. The van der Waals surface area contributed by atoms with E-state index in [9.17, 15) is 0 Å². The second-order valence-corrected chi connectivity index (χ2v) is 18.9. The van der Waals surface area contributed by atoms with Gasteiger partial charge in [0.2, 0.25) is 0 Å². The molecule has 324 valence electrons. The Balaban J connectivity index is 1.12. The Morgan fingerprint density at radius 2 is 1.00 bits per heavy atom. The number of allylic oxidation sites excluding steroid dienone is 4. The third-order valence-electron chi connectivity index (χ3n) is 13.8. The van der Waals surface area contributed by atoms with Crippen LogP contribution in [0.5, 0.6) is 0 Å². The number of hydrogen-bond donors (Lipinski definition) is 0. The fourth-order valence-corrected chi connectivity index (χ4v) is 12.0. The number of nitrogens with zero attached hydrogens (tertiary/aromatic N) is 5. The average molecular weight is 900 g/mol. The third kappa shape index (κ3) is 6.41. The summed E-state index contributed by atoms with van der Waals surface area (Å²) in [4.78, 5) is 15.9. The second-order valence-electron chi connectivity index (χ2n) is 17.9. The summed E-state index contributed by atoms with van der Waals surface area (Å²) in [5.74, 6) is 2.10. The molecule has 1 aliphatic carbocycles. The Labute approximate surface area is 402 Å². The molecule has 1 unspecified atom stereocenters. The van der Waals surface area contributed by atoms with Crippen molar-refractivity contribution in [1.29, 1.82) is 0 Å². The molecule has 13 aromatic rings. The predicted octanol–water partition coefficient (Wildman–Crippen LogP) is 16.7. The first-order valence-corrected chi connectivity index (χ1v) is 24.4. The third-order valence-corrected chi connectivity index (χ3v) is 15.0. The van der Waals surface area contributed by atoms with Crippen molar-refractivity contribution in [2.45, 2.75) is 12.3 Å². The van der Waals surface area contributed by atoms with Gasteiger partial charge < -0.3 is 9.13 Å². The average Bonchev–Trinajstić information content (AvgIpc) is 4.10. The number of thiophene rings is 1. The van der Waals surface area contributed by atoms with Gasteiger partial charge in [-0.15, -0.1) is 11.3 Å². The summed E-state index contributed by atoms with van der Waals surface area (Å²) in [5, 5.41) is 7.32. The molecule has 0 saturated carbocycles. The van der Waals surface area contributed by atoms with Crippen molar-refractivity contribution in [3.63, 3.8) is 0 Å². The van der Waals surface area contributed by atoms with E-state index < -0.39 is 0 Å². The maximum absolute atomic E-state index is 5.40. The van der Waals surface area contributed by atoms with E-state index in [0.717, 1.165) is 68.0 Å². The van der Waals surface area contributed by atoms with Crippen LogP contribution >= 0.6 is 11.3 Å². The van der Waals surface area contributed by atoms with Crippen LogP contribution in [0.2, 0.25) is 0 Å². The summed E-state index contributed by atoms with van der Waals surface area (Å²) in [6.07, 6.45) is 9.43. The van der Waals surface area contributed by atoms with Gasteiger partial charge in [0.05, 0.1) is 26.8 Å². The van der Waals surface area contributed by atoms with Crippen LogP contribution in [0.4, 0.5) is 0 Å². The van der Waals surface area contributed by atoms with Crippen LogP contribution in [-0.4, -0.2) is 24.1 Å². The Kier molecular flexibility index (Phi) is 9.14. The van der Waals surface area contributed by atoms with Gasteiger partial charge in [-0.05, 0) is 101 Å². The maximum atomic E-state index is 5.40. The van der Waals surface area contributed by atoms with Gasteiger partial charge in [0.1, 0.15) is 5.82 Å². The number of benzene rings is 9. The van der Waals surface area contributed by atoms with Gasteiger partial charge in [0.25, 0.3) is 0 Å². The Morgan fingerprint density at radius 3 is 1.72 bits per heavy atom. The number of para-hydroxylation sites is 4. The molecule has 5 nitrogen and oxygen atoms in total. The SMILES string of the molecule is C1=CCC(c2nc(-c3ccccc3)nc(-c3cc(-c4cccc5c4c4ccccc4n5-c4ccccc4)cc(-c4cc5c6ccccc6sc5c5c4c4ccccc4n5-c4ccccc4)c3)n2)C=C1. The second kappa shape index (κ2) is 16.0. The van der Waals surface area contributed by atoms with Crippen molar-refractivity contribution in [3.8, 4) is 56.4 Å². The van der Waals surface area contributed by atoms with Crippen molar-refractivity contribution in [1.82, 2.24) is 24.1 Å². The number of aromatic nitrogens is 5. The lowest BCUT2D eigenvalue weighted by molar-refractivity contribution is 0.764. The summed E-state index contributed by atoms with van der Waals surface area (Å²) >= 11 is 1.88. The van der Waals surface area contributed by atoms with Crippen LogP contribution in [0.3, 0.4) is 0 Å². The van der Waals surface area contributed by atoms with Crippen molar-refractivity contribution >= 4 is 75.1 Å². The minimum absolute atomic E-state index is 0.0257. The lowest BCUT2D eigenvalue weighted by Gasteiger charge is -2.16. The first-order valence-electron chi connectivity index (χ1n) is 23.5. The Morgan fingerprint density at radius 1 is 0.420 bits per heavy atom.